The Kier molecular flexibility index (Phi) is 7.25. The summed E-state index contributed by atoms with van der Waals surface area (Å²) in [6.07, 6.45) is 1.06. The van der Waals surface area contributed by atoms with Crippen molar-refractivity contribution in [3.8, 4) is 5.75 Å². The highest BCUT2D eigenvalue weighted by molar-refractivity contribution is 6.71. The van der Waals surface area contributed by atoms with Gasteiger partial charge in [0.05, 0.1) is 31.1 Å². The lowest BCUT2D eigenvalue weighted by Gasteiger charge is -2.32. The Morgan fingerprint density at radius 2 is 1.81 bits per heavy atom. The van der Waals surface area contributed by atoms with Crippen molar-refractivity contribution in [3.05, 3.63) is 83.4 Å². The quantitative estimate of drug-likeness (QED) is 0.377. The Morgan fingerprint density at radius 1 is 1.02 bits per heavy atom. The maximum Gasteiger partial charge on any atom is 0.264 e. The lowest BCUT2D eigenvalue weighted by Crippen LogP contribution is -2.46. The first-order valence-corrected chi connectivity index (χ1v) is 17.6. The predicted octanol–water partition coefficient (Wildman–Crippen LogP) is 5.03. The van der Waals surface area contributed by atoms with Gasteiger partial charge in [-0.2, -0.15) is 0 Å². The molecule has 220 valence electrons. The van der Waals surface area contributed by atoms with Gasteiger partial charge in [0.1, 0.15) is 5.75 Å². The topological polar surface area (TPSA) is 99.5 Å². The van der Waals surface area contributed by atoms with Crippen LogP contribution >= 0.6 is 0 Å². The summed E-state index contributed by atoms with van der Waals surface area (Å²) in [7, 11) is -1.20. The van der Waals surface area contributed by atoms with Gasteiger partial charge in [-0.05, 0) is 73.5 Å². The average Bonchev–Trinajstić information content (AvgIpc) is 3.39. The zero-order chi connectivity index (χ0) is 29.8. The molecular formula is C33H38N2O6Si. The normalized spacial score (nSPS) is 25.2. The lowest BCUT2D eigenvalue weighted by atomic mass is 9.82. The fourth-order valence-electron chi connectivity index (χ4n) is 7.43. The Bertz CT molecular complexity index is 1540. The average molecular weight is 587 g/mol. The standard InChI is InChI=1S/C33H38N2O6Si/c1-21-31(42(3,4)39)29(16-17-36)41-33(21)26-19-25(40-2)13-14-28(26)34(32(33)38)20-22-8-7-10-24(18-22)35-27-11-6-5-9-23(27)12-15-30(35)37/h5-11,13-14,18-19,21,29,31,36,39H,12,15-17,20H2,1-4H3/t21-,29+,31-,33+/m1/s1. The molecule has 42 heavy (non-hydrogen) atoms. The molecule has 3 aliphatic heterocycles. The molecule has 2 amide bonds. The van der Waals surface area contributed by atoms with Gasteiger partial charge < -0.3 is 24.3 Å². The van der Waals surface area contributed by atoms with Crippen LogP contribution in [0.4, 0.5) is 17.1 Å². The number of carbonyl (C=O) groups is 2. The highest BCUT2D eigenvalue weighted by Crippen LogP contribution is 2.60. The number of ether oxygens (including phenoxy) is 2. The predicted molar refractivity (Wildman–Crippen MR) is 163 cm³/mol. The van der Waals surface area contributed by atoms with Crippen molar-refractivity contribution >= 4 is 37.2 Å². The van der Waals surface area contributed by atoms with Crippen molar-refractivity contribution in [1.82, 2.24) is 0 Å². The van der Waals surface area contributed by atoms with Crippen molar-refractivity contribution in [2.45, 2.75) is 63.1 Å². The number of benzene rings is 3. The van der Waals surface area contributed by atoms with Crippen molar-refractivity contribution in [2.75, 3.05) is 23.5 Å². The zero-order valence-corrected chi connectivity index (χ0v) is 25.5. The third kappa shape index (κ3) is 4.46. The summed E-state index contributed by atoms with van der Waals surface area (Å²) in [5, 5.41) is 9.84. The maximum atomic E-state index is 14.6. The van der Waals surface area contributed by atoms with Gasteiger partial charge in [-0.15, -0.1) is 0 Å². The second-order valence-electron chi connectivity index (χ2n) is 12.2. The minimum Gasteiger partial charge on any atom is -0.497 e. The summed E-state index contributed by atoms with van der Waals surface area (Å²) >= 11 is 0. The zero-order valence-electron chi connectivity index (χ0n) is 24.5. The van der Waals surface area contributed by atoms with E-state index in [2.05, 4.69) is 6.07 Å². The summed E-state index contributed by atoms with van der Waals surface area (Å²) in [5.74, 6) is 0.152. The van der Waals surface area contributed by atoms with Gasteiger partial charge in [0, 0.05) is 35.7 Å². The number of anilines is 3. The minimum atomic E-state index is -2.79. The van der Waals surface area contributed by atoms with E-state index in [4.69, 9.17) is 9.47 Å². The number of rotatable bonds is 7. The first-order valence-electron chi connectivity index (χ1n) is 14.6. The molecule has 1 spiro atoms. The van der Waals surface area contributed by atoms with Crippen LogP contribution in [0, 0.1) is 5.92 Å². The molecule has 6 rings (SSSR count). The van der Waals surface area contributed by atoms with Crippen LogP contribution in [0.3, 0.4) is 0 Å². The van der Waals surface area contributed by atoms with E-state index in [-0.39, 0.29) is 36.4 Å². The number of methoxy groups -OCH3 is 1. The largest absolute Gasteiger partial charge is 0.497 e. The van der Waals surface area contributed by atoms with Crippen LogP contribution in [0.2, 0.25) is 18.6 Å². The SMILES string of the molecule is COc1ccc2c(c1)[C@]1(O[C@@H](CCO)[C@H]([Si](C)(C)O)[C@H]1C)C(=O)N2Cc1cccc(N2C(=O)CCc3ccccc32)c1. The second-order valence-corrected chi connectivity index (χ2v) is 16.1. The number of aliphatic hydroxyl groups is 1. The van der Waals surface area contributed by atoms with E-state index >= 15 is 0 Å². The number of nitrogens with zero attached hydrogens (tertiary/aromatic N) is 2. The Labute approximate surface area is 247 Å². The summed E-state index contributed by atoms with van der Waals surface area (Å²) in [6, 6.07) is 21.3. The van der Waals surface area contributed by atoms with Crippen molar-refractivity contribution in [2.24, 2.45) is 5.92 Å². The van der Waals surface area contributed by atoms with Crippen LogP contribution in [0.1, 0.15) is 36.5 Å². The first-order chi connectivity index (χ1) is 20.1. The van der Waals surface area contributed by atoms with E-state index < -0.39 is 20.0 Å². The van der Waals surface area contributed by atoms with Crippen LogP contribution in [0.15, 0.2) is 66.7 Å². The lowest BCUT2D eigenvalue weighted by molar-refractivity contribution is -0.146. The molecule has 4 atom stereocenters. The Balaban J connectivity index is 1.40. The molecule has 8 nitrogen and oxygen atoms in total. The number of aliphatic hydroxyl groups excluding tert-OH is 1. The van der Waals surface area contributed by atoms with Crippen molar-refractivity contribution in [3.63, 3.8) is 0 Å². The second kappa shape index (κ2) is 10.6. The molecule has 0 aromatic heterocycles. The van der Waals surface area contributed by atoms with Crippen LogP contribution in [-0.2, 0) is 32.9 Å². The number of hydrogen-bond donors (Lipinski definition) is 2. The molecule has 0 aliphatic carbocycles. The van der Waals surface area contributed by atoms with Crippen LogP contribution in [0.5, 0.6) is 5.75 Å². The monoisotopic (exact) mass is 586 g/mol. The number of fused-ring (bicyclic) bond motifs is 3. The molecular weight excluding hydrogens is 548 g/mol. The number of amides is 2. The molecule has 1 saturated heterocycles. The van der Waals surface area contributed by atoms with Gasteiger partial charge in [-0.1, -0.05) is 37.3 Å². The summed E-state index contributed by atoms with van der Waals surface area (Å²) in [4.78, 5) is 42.5. The molecule has 3 aliphatic rings. The minimum absolute atomic E-state index is 0.0458. The molecule has 3 heterocycles. The highest BCUT2D eigenvalue weighted by Gasteiger charge is 2.66. The van der Waals surface area contributed by atoms with Gasteiger partial charge in [-0.25, -0.2) is 0 Å². The third-order valence-corrected chi connectivity index (χ3v) is 11.7. The van der Waals surface area contributed by atoms with Crippen LogP contribution < -0.4 is 14.5 Å². The van der Waals surface area contributed by atoms with E-state index in [9.17, 15) is 19.5 Å². The molecule has 9 heteroatoms. The maximum absolute atomic E-state index is 14.6. The fourth-order valence-corrected chi connectivity index (χ4v) is 10.0. The van der Waals surface area contributed by atoms with Crippen molar-refractivity contribution < 1.29 is 29.0 Å². The van der Waals surface area contributed by atoms with Gasteiger partial charge in [0.15, 0.2) is 13.9 Å². The fraction of sp³-hybridized carbons (Fsp3) is 0.394. The summed E-state index contributed by atoms with van der Waals surface area (Å²) < 4.78 is 12.2. The summed E-state index contributed by atoms with van der Waals surface area (Å²) in [5.41, 5.74) is 3.57. The molecule has 0 saturated carbocycles. The molecule has 1 fully saturated rings. The molecule has 0 radical (unpaired) electrons. The molecule has 0 unspecified atom stereocenters. The Morgan fingerprint density at radius 3 is 2.55 bits per heavy atom. The van der Waals surface area contributed by atoms with Gasteiger partial charge in [0.2, 0.25) is 5.91 Å². The van der Waals surface area contributed by atoms with Gasteiger partial charge >= 0.3 is 0 Å². The van der Waals surface area contributed by atoms with E-state index in [1.807, 2.05) is 80.7 Å². The number of carbonyl (C=O) groups excluding carboxylic acids is 2. The van der Waals surface area contributed by atoms with Crippen molar-refractivity contribution in [1.29, 1.82) is 0 Å². The number of hydrogen-bond acceptors (Lipinski definition) is 6. The molecule has 2 N–H and O–H groups in total. The van der Waals surface area contributed by atoms with E-state index in [0.29, 0.717) is 18.6 Å². The van der Waals surface area contributed by atoms with E-state index in [1.165, 1.54) is 0 Å². The van der Waals surface area contributed by atoms with Gasteiger partial charge in [0.25, 0.3) is 5.91 Å². The number of aryl methyl sites for hydroxylation is 1. The third-order valence-electron chi connectivity index (χ3n) is 9.20. The number of para-hydroxylation sites is 1. The summed E-state index contributed by atoms with van der Waals surface area (Å²) in [6.45, 7) is 5.91. The van der Waals surface area contributed by atoms with E-state index in [0.717, 1.165) is 40.2 Å². The van der Waals surface area contributed by atoms with Gasteiger partial charge in [-0.3, -0.25) is 14.5 Å². The molecule has 3 aromatic rings. The van der Waals surface area contributed by atoms with E-state index in [1.54, 1.807) is 16.9 Å². The smallest absolute Gasteiger partial charge is 0.264 e. The van der Waals surface area contributed by atoms with Crippen LogP contribution in [0.25, 0.3) is 0 Å². The first kappa shape index (κ1) is 28.6. The molecule has 3 aromatic carbocycles. The molecule has 0 bridgehead atoms. The van der Waals surface area contributed by atoms with Crippen LogP contribution in [-0.4, -0.2) is 49.9 Å². The highest BCUT2D eigenvalue weighted by atomic mass is 28.4. The Hall–Kier alpha value is -3.50.